The zero-order chi connectivity index (χ0) is 46.3. The predicted molar refractivity (Wildman–Crippen MR) is 255 cm³/mol. The minimum absolute atomic E-state index is 0.0415. The maximum Gasteiger partial charge on any atom is 0.305 e. The fourth-order valence-corrected chi connectivity index (χ4v) is 8.30. The molecular weight excluding hydrogens is 837 g/mol. The molecule has 0 unspecified atom stereocenters. The number of nitrogens with zero attached hydrogens (tertiary/aromatic N) is 3. The third-order valence-corrected chi connectivity index (χ3v) is 11.7. The normalized spacial score (nSPS) is 13.2. The molecule has 4 aromatic carbocycles. The largest absolute Gasteiger partial charge is 0.481 e. The number of fused-ring (bicyclic) bond motifs is 2. The van der Waals surface area contributed by atoms with Crippen molar-refractivity contribution in [3.63, 3.8) is 0 Å². The van der Waals surface area contributed by atoms with Gasteiger partial charge in [0.25, 0.3) is 17.7 Å². The first-order valence-corrected chi connectivity index (χ1v) is 22.7. The van der Waals surface area contributed by atoms with Gasteiger partial charge >= 0.3 is 5.97 Å². The van der Waals surface area contributed by atoms with E-state index in [1.807, 2.05) is 72.9 Å². The van der Waals surface area contributed by atoms with Crippen molar-refractivity contribution in [2.24, 2.45) is 0 Å². The number of hydrogen-bond acceptors (Lipinski definition) is 9. The van der Waals surface area contributed by atoms with Gasteiger partial charge in [0.2, 0.25) is 0 Å². The molecule has 1 aliphatic carbocycles. The highest BCUT2D eigenvalue weighted by molar-refractivity contribution is 6.07. The minimum Gasteiger partial charge on any atom is -0.481 e. The Hall–Kier alpha value is -6.87. The van der Waals surface area contributed by atoms with Gasteiger partial charge in [0.15, 0.2) is 0 Å². The maximum atomic E-state index is 14.1. The van der Waals surface area contributed by atoms with Gasteiger partial charge in [-0.2, -0.15) is 0 Å². The number of ether oxygens (including phenoxy) is 3. The van der Waals surface area contributed by atoms with E-state index >= 15 is 0 Å². The molecular formula is C52H58N6O8. The van der Waals surface area contributed by atoms with E-state index in [2.05, 4.69) is 51.4 Å². The second-order valence-corrected chi connectivity index (χ2v) is 16.0. The summed E-state index contributed by atoms with van der Waals surface area (Å²) in [5, 5.41) is 18.8. The quantitative estimate of drug-likeness (QED) is 0.0463. The minimum atomic E-state index is -0.902. The average Bonchev–Trinajstić information content (AvgIpc) is 3.75. The van der Waals surface area contributed by atoms with Crippen molar-refractivity contribution >= 4 is 46.0 Å². The van der Waals surface area contributed by atoms with E-state index in [0.29, 0.717) is 79.8 Å². The number of aryl methyl sites for hydroxylation is 1. The molecule has 0 saturated carbocycles. The highest BCUT2D eigenvalue weighted by atomic mass is 16.5. The molecule has 2 aromatic heterocycles. The molecule has 4 N–H and O–H groups in total. The number of aliphatic carboxylic acids is 1. The first-order chi connectivity index (χ1) is 32.2. The highest BCUT2D eigenvalue weighted by Crippen LogP contribution is 2.34. The summed E-state index contributed by atoms with van der Waals surface area (Å²) in [4.78, 5) is 58.5. The lowest BCUT2D eigenvalue weighted by Crippen LogP contribution is -2.31. The zero-order valence-corrected chi connectivity index (χ0v) is 37.6. The number of rotatable bonds is 23. The van der Waals surface area contributed by atoms with Crippen LogP contribution in [0.5, 0.6) is 0 Å². The number of carboxylic acid groups (broad SMARTS) is 1. The monoisotopic (exact) mass is 894 g/mol. The van der Waals surface area contributed by atoms with E-state index in [9.17, 15) is 19.2 Å². The summed E-state index contributed by atoms with van der Waals surface area (Å²) in [6.07, 6.45) is 6.44. The number of pyridine rings is 1. The molecule has 3 amide bonds. The SMILES string of the molecule is CCN(CC)c1ccc(NC(=O)c2cccc(Cn3ccc4c(C(=O)NCCOCCOCCOCCC(=O)O)cccc43)c2)c(-c2cc(C(=O)N[C@H]3CCCc4ccccc43)ccn2)c1. The van der Waals surface area contributed by atoms with Crippen molar-refractivity contribution in [3.05, 3.63) is 149 Å². The van der Waals surface area contributed by atoms with Crippen LogP contribution in [0.15, 0.2) is 116 Å². The zero-order valence-electron chi connectivity index (χ0n) is 37.6. The van der Waals surface area contributed by atoms with Crippen LogP contribution < -0.4 is 20.9 Å². The van der Waals surface area contributed by atoms with Gasteiger partial charge in [0.05, 0.1) is 63.5 Å². The number of carboxylic acids is 1. The first kappa shape index (κ1) is 47.1. The molecule has 1 aliphatic rings. The van der Waals surface area contributed by atoms with Crippen LogP contribution in [-0.2, 0) is 32.0 Å². The molecule has 0 fully saturated rings. The lowest BCUT2D eigenvalue weighted by molar-refractivity contribution is -0.138. The Morgan fingerprint density at radius 1 is 0.773 bits per heavy atom. The Morgan fingerprint density at radius 2 is 1.53 bits per heavy atom. The molecule has 2 heterocycles. The van der Waals surface area contributed by atoms with E-state index < -0.39 is 5.97 Å². The van der Waals surface area contributed by atoms with Gasteiger partial charge in [-0.1, -0.05) is 42.5 Å². The third-order valence-electron chi connectivity index (χ3n) is 11.7. The van der Waals surface area contributed by atoms with Crippen LogP contribution in [0, 0.1) is 0 Å². The van der Waals surface area contributed by atoms with Crippen LogP contribution in [0.1, 0.15) is 86.9 Å². The van der Waals surface area contributed by atoms with Crippen LogP contribution in [0.25, 0.3) is 22.2 Å². The molecule has 66 heavy (non-hydrogen) atoms. The van der Waals surface area contributed by atoms with Crippen molar-refractivity contribution in [3.8, 4) is 11.3 Å². The Kier molecular flexibility index (Phi) is 16.7. The second kappa shape index (κ2) is 23.4. The molecule has 7 rings (SSSR count). The first-order valence-electron chi connectivity index (χ1n) is 22.7. The molecule has 14 nitrogen and oxygen atoms in total. The number of carbonyl (C=O) groups is 4. The molecule has 0 aliphatic heterocycles. The predicted octanol–water partition coefficient (Wildman–Crippen LogP) is 7.91. The summed E-state index contributed by atoms with van der Waals surface area (Å²) in [6.45, 7) is 8.39. The van der Waals surface area contributed by atoms with E-state index in [4.69, 9.17) is 24.3 Å². The summed E-state index contributed by atoms with van der Waals surface area (Å²) >= 11 is 0. The Bertz CT molecular complexity index is 2620. The number of amides is 3. The molecule has 0 spiro atoms. The maximum absolute atomic E-state index is 14.1. The highest BCUT2D eigenvalue weighted by Gasteiger charge is 2.23. The summed E-state index contributed by atoms with van der Waals surface area (Å²) in [7, 11) is 0. The van der Waals surface area contributed by atoms with Crippen molar-refractivity contribution in [1.29, 1.82) is 0 Å². The third kappa shape index (κ3) is 12.3. The fraction of sp³-hybridized carbons (Fsp3) is 0.327. The van der Waals surface area contributed by atoms with Crippen LogP contribution in [0.4, 0.5) is 11.4 Å². The van der Waals surface area contributed by atoms with E-state index in [-0.39, 0.29) is 36.8 Å². The van der Waals surface area contributed by atoms with Crippen molar-refractivity contribution in [1.82, 2.24) is 20.2 Å². The number of nitrogens with one attached hydrogen (secondary N) is 3. The summed E-state index contributed by atoms with van der Waals surface area (Å²) in [5.41, 5.74) is 8.56. The van der Waals surface area contributed by atoms with Gasteiger partial charge in [-0.3, -0.25) is 24.2 Å². The second-order valence-electron chi connectivity index (χ2n) is 16.0. The van der Waals surface area contributed by atoms with Crippen LogP contribution in [0.3, 0.4) is 0 Å². The van der Waals surface area contributed by atoms with E-state index in [1.54, 1.807) is 30.5 Å². The molecule has 0 radical (unpaired) electrons. The van der Waals surface area contributed by atoms with Gasteiger partial charge in [0.1, 0.15) is 0 Å². The number of carbonyl (C=O) groups excluding carboxylic acids is 3. The number of hydrogen-bond donors (Lipinski definition) is 4. The molecule has 6 aromatic rings. The Balaban J connectivity index is 0.988. The van der Waals surface area contributed by atoms with Crippen LogP contribution in [0.2, 0.25) is 0 Å². The molecule has 14 heteroatoms. The van der Waals surface area contributed by atoms with Crippen molar-refractivity contribution in [2.75, 3.05) is 69.5 Å². The van der Waals surface area contributed by atoms with E-state index in [1.165, 1.54) is 11.1 Å². The lowest BCUT2D eigenvalue weighted by Gasteiger charge is -2.26. The summed E-state index contributed by atoms with van der Waals surface area (Å²) in [5.74, 6) is -1.57. The summed E-state index contributed by atoms with van der Waals surface area (Å²) < 4.78 is 18.2. The van der Waals surface area contributed by atoms with Gasteiger partial charge < -0.3 is 44.7 Å². The number of aromatic nitrogens is 2. The number of anilines is 2. The van der Waals surface area contributed by atoms with E-state index in [0.717, 1.165) is 54.5 Å². The fourth-order valence-electron chi connectivity index (χ4n) is 8.30. The van der Waals surface area contributed by atoms with Crippen LogP contribution >= 0.6 is 0 Å². The van der Waals surface area contributed by atoms with Gasteiger partial charge in [0, 0.05) is 77.4 Å². The molecule has 1 atom stereocenters. The van der Waals surface area contributed by atoms with Gasteiger partial charge in [-0.25, -0.2) is 0 Å². The number of benzene rings is 4. The Morgan fingerprint density at radius 3 is 2.33 bits per heavy atom. The standard InChI is InChI=1S/C52H58N6O8/c1-3-57(4-2)40-18-19-46(44(34-40)47-33-39(20-23-53-47)51(62)55-45-16-8-12-37-11-5-6-14-41(37)45)56-50(61)38-13-7-10-36(32-38)35-58-25-21-42-43(15-9-17-48(42)58)52(63)54-24-27-65-29-31-66-30-28-64-26-22-49(59)60/h5-7,9-11,13-15,17-21,23,25,32-34,45H,3-4,8,12,16,22,24,26-31,35H2,1-2H3,(H,54,63)(H,55,62)(H,56,61)(H,59,60)/t45-/m0/s1. The lowest BCUT2D eigenvalue weighted by atomic mass is 9.87. The molecule has 0 bridgehead atoms. The van der Waals surface area contributed by atoms with Gasteiger partial charge in [-0.05, 0) is 110 Å². The Labute approximate surface area is 385 Å². The smallest absolute Gasteiger partial charge is 0.305 e. The summed E-state index contributed by atoms with van der Waals surface area (Å²) in [6, 6.07) is 32.7. The average molecular weight is 895 g/mol. The van der Waals surface area contributed by atoms with Gasteiger partial charge in [-0.15, -0.1) is 0 Å². The molecule has 0 saturated heterocycles. The van der Waals surface area contributed by atoms with Crippen molar-refractivity contribution in [2.45, 2.75) is 52.1 Å². The van der Waals surface area contributed by atoms with Crippen LogP contribution in [-0.4, -0.2) is 97.6 Å². The van der Waals surface area contributed by atoms with Crippen molar-refractivity contribution < 1.29 is 38.5 Å². The topological polar surface area (TPSA) is 173 Å². The molecule has 344 valence electrons.